The molecule has 2 amide bonds. The maximum absolute atomic E-state index is 13.2. The molecule has 0 N–H and O–H groups in total. The second kappa shape index (κ2) is 9.34. The van der Waals surface area contributed by atoms with Crippen LogP contribution in [0.4, 0.5) is 4.79 Å². The van der Waals surface area contributed by atoms with E-state index >= 15 is 0 Å². The van der Waals surface area contributed by atoms with Crippen LogP contribution in [0.15, 0.2) is 27.5 Å². The molecule has 3 heterocycles. The van der Waals surface area contributed by atoms with Gasteiger partial charge in [0.2, 0.25) is 10.0 Å². The van der Waals surface area contributed by atoms with Gasteiger partial charge in [-0.2, -0.15) is 4.31 Å². The summed E-state index contributed by atoms with van der Waals surface area (Å²) in [6.45, 7) is 8.48. The van der Waals surface area contributed by atoms with E-state index in [0.29, 0.717) is 68.3 Å². The minimum Gasteiger partial charge on any atom is -0.451 e. The molecule has 33 heavy (non-hydrogen) atoms. The smallest absolute Gasteiger partial charge is 0.409 e. The number of sulfonamides is 1. The lowest BCUT2D eigenvalue weighted by atomic mass is 10.0. The highest BCUT2D eigenvalue weighted by Crippen LogP contribution is 2.31. The molecule has 1 aromatic heterocycles. The van der Waals surface area contributed by atoms with Crippen molar-refractivity contribution in [3.05, 3.63) is 29.5 Å². The van der Waals surface area contributed by atoms with E-state index < -0.39 is 10.0 Å². The summed E-state index contributed by atoms with van der Waals surface area (Å²) in [7, 11) is -3.61. The van der Waals surface area contributed by atoms with E-state index in [1.807, 2.05) is 0 Å². The molecule has 2 fully saturated rings. The molecule has 2 aliphatic heterocycles. The number of benzene rings is 1. The molecular formula is C23H31N3O6S. The van der Waals surface area contributed by atoms with Gasteiger partial charge in [0.15, 0.2) is 5.76 Å². The van der Waals surface area contributed by atoms with Crippen LogP contribution >= 0.6 is 0 Å². The molecule has 2 saturated heterocycles. The number of piperidine rings is 1. The lowest BCUT2D eigenvalue weighted by molar-refractivity contribution is 0.0547. The summed E-state index contributed by atoms with van der Waals surface area (Å²) in [4.78, 5) is 28.5. The van der Waals surface area contributed by atoms with Crippen LogP contribution in [0.1, 0.15) is 42.8 Å². The summed E-state index contributed by atoms with van der Waals surface area (Å²) in [5.41, 5.74) is 1.10. The fourth-order valence-electron chi connectivity index (χ4n) is 4.53. The summed E-state index contributed by atoms with van der Waals surface area (Å²) < 4.78 is 38.8. The minimum absolute atomic E-state index is 0.204. The van der Waals surface area contributed by atoms with Crippen molar-refractivity contribution in [2.45, 2.75) is 38.5 Å². The van der Waals surface area contributed by atoms with Gasteiger partial charge in [0.1, 0.15) is 5.58 Å². The van der Waals surface area contributed by atoms with Crippen molar-refractivity contribution in [1.82, 2.24) is 14.1 Å². The van der Waals surface area contributed by atoms with Crippen molar-refractivity contribution in [1.29, 1.82) is 0 Å². The van der Waals surface area contributed by atoms with E-state index in [0.717, 1.165) is 12.8 Å². The van der Waals surface area contributed by atoms with Gasteiger partial charge < -0.3 is 19.0 Å². The largest absolute Gasteiger partial charge is 0.451 e. The van der Waals surface area contributed by atoms with Gasteiger partial charge in [-0.3, -0.25) is 4.79 Å². The third kappa shape index (κ3) is 4.59. The number of fused-ring (bicyclic) bond motifs is 1. The highest BCUT2D eigenvalue weighted by atomic mass is 32.2. The number of amides is 2. The summed E-state index contributed by atoms with van der Waals surface area (Å²) in [5.74, 6) is 0.277. The average molecular weight is 478 g/mol. The van der Waals surface area contributed by atoms with Crippen molar-refractivity contribution < 1.29 is 27.2 Å². The van der Waals surface area contributed by atoms with Crippen molar-refractivity contribution in [3.8, 4) is 0 Å². The Hall–Kier alpha value is -2.59. The topological polar surface area (TPSA) is 100 Å². The fraction of sp³-hybridized carbons (Fsp3) is 0.565. The van der Waals surface area contributed by atoms with Gasteiger partial charge in [0.05, 0.1) is 11.5 Å². The van der Waals surface area contributed by atoms with Crippen LogP contribution in [0.5, 0.6) is 0 Å². The molecule has 1 aromatic carbocycles. The number of nitrogens with zero attached hydrogens (tertiary/aromatic N) is 3. The van der Waals surface area contributed by atoms with Gasteiger partial charge in [-0.15, -0.1) is 0 Å². The standard InChI is InChI=1S/C23H31N3O6S/c1-4-31-23(28)25-12-10-24(11-13-25)22(27)21-17(3)19-14-18(7-8-20(19)32-21)33(29,30)26-9-5-6-16(2)15-26/h7-8,14,16H,4-6,9-13,15H2,1-3H3. The first-order chi connectivity index (χ1) is 15.7. The van der Waals surface area contributed by atoms with E-state index in [4.69, 9.17) is 9.15 Å². The van der Waals surface area contributed by atoms with Gasteiger partial charge in [-0.1, -0.05) is 6.92 Å². The lowest BCUT2D eigenvalue weighted by Crippen LogP contribution is -2.50. The van der Waals surface area contributed by atoms with Crippen LogP contribution in [0.3, 0.4) is 0 Å². The van der Waals surface area contributed by atoms with Crippen molar-refractivity contribution in [2.24, 2.45) is 5.92 Å². The van der Waals surface area contributed by atoms with Crippen LogP contribution in [0, 0.1) is 12.8 Å². The molecule has 0 saturated carbocycles. The van der Waals surface area contributed by atoms with E-state index in [1.165, 1.54) is 0 Å². The van der Waals surface area contributed by atoms with Crippen LogP contribution in [-0.2, 0) is 14.8 Å². The van der Waals surface area contributed by atoms with E-state index in [1.54, 1.807) is 46.2 Å². The SMILES string of the molecule is CCOC(=O)N1CCN(C(=O)c2oc3ccc(S(=O)(=O)N4CCCC(C)C4)cc3c2C)CC1. The van der Waals surface area contributed by atoms with Crippen LogP contribution in [-0.4, -0.2) is 80.4 Å². The predicted molar refractivity (Wildman–Crippen MR) is 123 cm³/mol. The van der Waals surface area contributed by atoms with Crippen LogP contribution in [0.25, 0.3) is 11.0 Å². The molecule has 0 aliphatic carbocycles. The number of carbonyl (C=O) groups excluding carboxylic acids is 2. The van der Waals surface area contributed by atoms with Crippen LogP contribution in [0.2, 0.25) is 0 Å². The van der Waals surface area contributed by atoms with E-state index in [-0.39, 0.29) is 22.7 Å². The molecule has 4 rings (SSSR count). The zero-order chi connectivity index (χ0) is 23.8. The number of hydrogen-bond acceptors (Lipinski definition) is 6. The van der Waals surface area contributed by atoms with Gasteiger partial charge in [-0.25, -0.2) is 13.2 Å². The molecule has 1 atom stereocenters. The van der Waals surface area contributed by atoms with Gasteiger partial charge >= 0.3 is 6.09 Å². The van der Waals surface area contributed by atoms with Crippen molar-refractivity contribution in [2.75, 3.05) is 45.9 Å². The number of ether oxygens (including phenoxy) is 1. The third-order valence-corrected chi connectivity index (χ3v) is 8.31. The maximum atomic E-state index is 13.2. The molecular weight excluding hydrogens is 446 g/mol. The first-order valence-electron chi connectivity index (χ1n) is 11.5. The zero-order valence-corrected chi connectivity index (χ0v) is 20.2. The maximum Gasteiger partial charge on any atom is 0.409 e. The first kappa shape index (κ1) is 23.6. The molecule has 9 nitrogen and oxygen atoms in total. The number of rotatable bonds is 4. The molecule has 10 heteroatoms. The highest BCUT2D eigenvalue weighted by Gasteiger charge is 2.31. The molecule has 0 radical (unpaired) electrons. The van der Waals surface area contributed by atoms with Gasteiger partial charge in [0, 0.05) is 50.2 Å². The summed E-state index contributed by atoms with van der Waals surface area (Å²) in [5, 5.41) is 0.620. The summed E-state index contributed by atoms with van der Waals surface area (Å²) in [6, 6.07) is 4.78. The Kier molecular flexibility index (Phi) is 6.67. The molecule has 1 unspecified atom stereocenters. The summed E-state index contributed by atoms with van der Waals surface area (Å²) in [6.07, 6.45) is 1.52. The number of furan rings is 1. The number of carbonyl (C=O) groups is 2. The molecule has 2 aliphatic rings. The predicted octanol–water partition coefficient (Wildman–Crippen LogP) is 3.08. The fourth-order valence-corrected chi connectivity index (χ4v) is 6.15. The first-order valence-corrected chi connectivity index (χ1v) is 12.9. The van der Waals surface area contributed by atoms with Crippen LogP contribution < -0.4 is 0 Å². The highest BCUT2D eigenvalue weighted by molar-refractivity contribution is 7.89. The molecule has 2 aromatic rings. The van der Waals surface area contributed by atoms with Gasteiger partial charge in [-0.05, 0) is 50.8 Å². The summed E-state index contributed by atoms with van der Waals surface area (Å²) >= 11 is 0. The minimum atomic E-state index is -3.61. The number of hydrogen-bond donors (Lipinski definition) is 0. The Morgan fingerprint density at radius 1 is 1.12 bits per heavy atom. The Bertz CT molecular complexity index is 1150. The van der Waals surface area contributed by atoms with Crippen molar-refractivity contribution in [3.63, 3.8) is 0 Å². The van der Waals surface area contributed by atoms with E-state index in [9.17, 15) is 18.0 Å². The average Bonchev–Trinajstić information content (AvgIpc) is 3.14. The van der Waals surface area contributed by atoms with E-state index in [2.05, 4.69) is 6.92 Å². The Morgan fingerprint density at radius 3 is 2.48 bits per heavy atom. The molecule has 180 valence electrons. The quantitative estimate of drug-likeness (QED) is 0.671. The Balaban J connectivity index is 1.54. The van der Waals surface area contributed by atoms with Crippen molar-refractivity contribution >= 4 is 33.0 Å². The zero-order valence-electron chi connectivity index (χ0n) is 19.4. The normalized spacial score (nSPS) is 20.3. The lowest BCUT2D eigenvalue weighted by Gasteiger charge is -2.33. The number of aryl methyl sites for hydroxylation is 1. The molecule has 0 bridgehead atoms. The monoisotopic (exact) mass is 477 g/mol. The van der Waals surface area contributed by atoms with Gasteiger partial charge in [0.25, 0.3) is 5.91 Å². The number of piperazine rings is 1. The Morgan fingerprint density at radius 2 is 1.82 bits per heavy atom. The second-order valence-corrected chi connectivity index (χ2v) is 10.7. The molecule has 0 spiro atoms. The Labute approximate surface area is 194 Å². The third-order valence-electron chi connectivity index (χ3n) is 6.45. The second-order valence-electron chi connectivity index (χ2n) is 8.80.